The van der Waals surface area contributed by atoms with Crippen LogP contribution >= 0.6 is 11.3 Å². The van der Waals surface area contributed by atoms with E-state index >= 15 is 0 Å². The Labute approximate surface area is 168 Å². The van der Waals surface area contributed by atoms with E-state index in [1.54, 1.807) is 18.4 Å². The van der Waals surface area contributed by atoms with Crippen molar-refractivity contribution in [3.05, 3.63) is 52.6 Å². The third kappa shape index (κ3) is 4.05. The van der Waals surface area contributed by atoms with Crippen LogP contribution in [0.4, 0.5) is 0 Å². The molecule has 3 aromatic heterocycles. The maximum Gasteiger partial charge on any atom is 0.270 e. The van der Waals surface area contributed by atoms with Crippen molar-refractivity contribution < 1.29 is 9.53 Å². The molecule has 7 heteroatoms. The van der Waals surface area contributed by atoms with Crippen LogP contribution in [0.5, 0.6) is 0 Å². The summed E-state index contributed by atoms with van der Waals surface area (Å²) in [6, 6.07) is 3.91. The zero-order valence-corrected chi connectivity index (χ0v) is 17.0. The van der Waals surface area contributed by atoms with Crippen LogP contribution in [0.1, 0.15) is 53.1 Å². The lowest BCUT2D eigenvalue weighted by Crippen LogP contribution is -2.46. The van der Waals surface area contributed by atoms with Gasteiger partial charge in [-0.25, -0.2) is 15.0 Å². The van der Waals surface area contributed by atoms with E-state index in [4.69, 9.17) is 4.74 Å². The molecule has 0 saturated heterocycles. The lowest BCUT2D eigenvalue weighted by molar-refractivity contribution is 0.0391. The minimum atomic E-state index is -0.136. The van der Waals surface area contributed by atoms with Crippen LogP contribution in [0.15, 0.2) is 29.9 Å². The van der Waals surface area contributed by atoms with Crippen molar-refractivity contribution in [2.45, 2.75) is 51.2 Å². The van der Waals surface area contributed by atoms with Crippen molar-refractivity contribution in [3.63, 3.8) is 0 Å². The highest BCUT2D eigenvalue weighted by Gasteiger charge is 2.27. The van der Waals surface area contributed by atoms with Gasteiger partial charge in [0.05, 0.1) is 22.4 Å². The molecule has 1 aliphatic rings. The highest BCUT2D eigenvalue weighted by Crippen LogP contribution is 2.27. The summed E-state index contributed by atoms with van der Waals surface area (Å²) in [4.78, 5) is 26.1. The number of carbonyl (C=O) groups excluding carboxylic acids is 1. The van der Waals surface area contributed by atoms with Crippen molar-refractivity contribution >= 4 is 27.5 Å². The van der Waals surface area contributed by atoms with Crippen molar-refractivity contribution in [2.75, 3.05) is 7.11 Å². The van der Waals surface area contributed by atoms with E-state index in [0.717, 1.165) is 52.9 Å². The van der Waals surface area contributed by atoms with Crippen molar-refractivity contribution in [1.29, 1.82) is 0 Å². The van der Waals surface area contributed by atoms with Crippen LogP contribution in [0.25, 0.3) is 10.2 Å². The number of amides is 1. The molecule has 4 rings (SSSR count). The van der Waals surface area contributed by atoms with Crippen LogP contribution in [0, 0.1) is 6.92 Å². The molecule has 146 valence electrons. The van der Waals surface area contributed by atoms with E-state index in [2.05, 4.69) is 20.3 Å². The molecule has 1 fully saturated rings. The Hall–Kier alpha value is -2.38. The molecule has 0 bridgehead atoms. The predicted octanol–water partition coefficient (Wildman–Crippen LogP) is 3.67. The summed E-state index contributed by atoms with van der Waals surface area (Å²) >= 11 is 1.64. The number of thiophene rings is 1. The summed E-state index contributed by atoms with van der Waals surface area (Å²) in [7, 11) is 1.71. The molecule has 6 nitrogen and oxygen atoms in total. The van der Waals surface area contributed by atoms with Gasteiger partial charge in [0, 0.05) is 25.9 Å². The number of carbonyl (C=O) groups is 1. The smallest absolute Gasteiger partial charge is 0.270 e. The van der Waals surface area contributed by atoms with Gasteiger partial charge in [0.25, 0.3) is 5.91 Å². The second-order valence-corrected chi connectivity index (χ2v) is 8.17. The van der Waals surface area contributed by atoms with Gasteiger partial charge >= 0.3 is 0 Å². The molecule has 2 atom stereocenters. The number of methoxy groups -OCH3 is 1. The molecule has 0 aliphatic heterocycles. The quantitative estimate of drug-likeness (QED) is 0.712. The molecule has 1 N–H and O–H groups in total. The maximum atomic E-state index is 12.9. The van der Waals surface area contributed by atoms with Crippen molar-refractivity contribution in [2.24, 2.45) is 0 Å². The minimum absolute atomic E-state index is 0.0418. The molecule has 0 unspecified atom stereocenters. The fourth-order valence-electron chi connectivity index (χ4n) is 3.79. The number of hydrogen-bond donors (Lipinski definition) is 1. The van der Waals surface area contributed by atoms with Gasteiger partial charge in [-0.2, -0.15) is 0 Å². The number of nitrogens with one attached hydrogen (secondary N) is 1. The van der Waals surface area contributed by atoms with Crippen LogP contribution < -0.4 is 5.32 Å². The Bertz CT molecular complexity index is 970. The molecule has 1 amide bonds. The Morgan fingerprint density at radius 1 is 1.29 bits per heavy atom. The Morgan fingerprint density at radius 3 is 2.86 bits per heavy atom. The van der Waals surface area contributed by atoms with Crippen molar-refractivity contribution in [3.8, 4) is 0 Å². The molecule has 3 heterocycles. The summed E-state index contributed by atoms with van der Waals surface area (Å²) in [6.07, 6.45) is 8.61. The zero-order valence-electron chi connectivity index (χ0n) is 16.1. The van der Waals surface area contributed by atoms with E-state index < -0.39 is 0 Å². The minimum Gasteiger partial charge on any atom is -0.379 e. The van der Waals surface area contributed by atoms with Gasteiger partial charge in [-0.05, 0) is 48.4 Å². The lowest BCUT2D eigenvalue weighted by atomic mass is 9.92. The molecule has 0 aromatic carbocycles. The number of aryl methyl sites for hydroxylation is 1. The number of fused-ring (bicyclic) bond motifs is 1. The number of hydrogen-bond acceptors (Lipinski definition) is 6. The molecule has 0 spiro atoms. The van der Waals surface area contributed by atoms with E-state index in [1.807, 2.05) is 36.8 Å². The topological polar surface area (TPSA) is 77.0 Å². The van der Waals surface area contributed by atoms with Gasteiger partial charge in [-0.15, -0.1) is 11.3 Å². The molecule has 28 heavy (non-hydrogen) atoms. The summed E-state index contributed by atoms with van der Waals surface area (Å²) < 4.78 is 6.66. The van der Waals surface area contributed by atoms with Gasteiger partial charge in [0.15, 0.2) is 0 Å². The normalized spacial score (nSPS) is 19.6. The van der Waals surface area contributed by atoms with E-state index in [9.17, 15) is 4.79 Å². The van der Waals surface area contributed by atoms with Crippen LogP contribution in [-0.2, 0) is 11.2 Å². The molecule has 3 aromatic rings. The van der Waals surface area contributed by atoms with Crippen molar-refractivity contribution in [1.82, 2.24) is 20.3 Å². The fraction of sp³-hybridized carbons (Fsp3) is 0.429. The Morgan fingerprint density at radius 2 is 2.07 bits per heavy atom. The first-order valence-electron chi connectivity index (χ1n) is 9.62. The second kappa shape index (κ2) is 8.32. The molecule has 1 saturated carbocycles. The molecule has 0 radical (unpaired) electrons. The predicted molar refractivity (Wildman–Crippen MR) is 110 cm³/mol. The lowest BCUT2D eigenvalue weighted by Gasteiger charge is -2.30. The monoisotopic (exact) mass is 396 g/mol. The summed E-state index contributed by atoms with van der Waals surface area (Å²) in [5, 5.41) is 5.15. The summed E-state index contributed by atoms with van der Waals surface area (Å²) in [5.41, 5.74) is 3.40. The van der Waals surface area contributed by atoms with Gasteiger partial charge in [-0.3, -0.25) is 4.79 Å². The first kappa shape index (κ1) is 19.0. The first-order chi connectivity index (χ1) is 13.6. The van der Waals surface area contributed by atoms with Gasteiger partial charge in [0.2, 0.25) is 0 Å². The van der Waals surface area contributed by atoms with E-state index in [0.29, 0.717) is 12.1 Å². The van der Waals surface area contributed by atoms with Gasteiger partial charge in [-0.1, -0.05) is 12.8 Å². The largest absolute Gasteiger partial charge is 0.379 e. The highest BCUT2D eigenvalue weighted by molar-refractivity contribution is 7.17. The first-order valence-corrected chi connectivity index (χ1v) is 10.5. The number of aromatic nitrogens is 3. The average Bonchev–Trinajstić information content (AvgIpc) is 3.19. The van der Waals surface area contributed by atoms with E-state index in [-0.39, 0.29) is 18.1 Å². The SMILES string of the molecule is CO[C@@H]1CCCC[C@H]1NC(=O)c1cc(Cc2cnc(C)nc2)c2sccc2n1. The third-order valence-electron chi connectivity index (χ3n) is 5.27. The second-order valence-electron chi connectivity index (χ2n) is 7.26. The molecule has 1 aliphatic carbocycles. The molecular formula is C21H24N4O2S. The Balaban J connectivity index is 1.60. The maximum absolute atomic E-state index is 12.9. The van der Waals surface area contributed by atoms with Crippen LogP contribution in [0.2, 0.25) is 0 Å². The summed E-state index contributed by atoms with van der Waals surface area (Å²) in [6.45, 7) is 1.87. The van der Waals surface area contributed by atoms with E-state index in [1.165, 1.54) is 0 Å². The zero-order chi connectivity index (χ0) is 19.5. The third-order valence-corrected chi connectivity index (χ3v) is 6.25. The van der Waals surface area contributed by atoms with Crippen LogP contribution in [-0.4, -0.2) is 40.1 Å². The fourth-order valence-corrected chi connectivity index (χ4v) is 4.64. The Kier molecular flexibility index (Phi) is 5.64. The number of pyridine rings is 1. The number of nitrogens with zero attached hydrogens (tertiary/aromatic N) is 3. The average molecular weight is 397 g/mol. The van der Waals surface area contributed by atoms with Gasteiger partial charge in [0.1, 0.15) is 11.5 Å². The number of rotatable bonds is 5. The summed E-state index contributed by atoms with van der Waals surface area (Å²) in [5.74, 6) is 0.614. The standard InChI is InChI=1S/C21H24N4O2S/c1-13-22-11-14(12-23-13)9-15-10-18(24-17-7-8-28-20(15)17)21(26)25-16-5-3-4-6-19(16)27-2/h7-8,10-12,16,19H,3-6,9H2,1-2H3,(H,25,26)/t16-,19-/m1/s1. The number of ether oxygens (including phenoxy) is 1. The highest BCUT2D eigenvalue weighted by atomic mass is 32.1. The van der Waals surface area contributed by atoms with Gasteiger partial charge < -0.3 is 10.1 Å². The molecular weight excluding hydrogens is 372 g/mol. The van der Waals surface area contributed by atoms with Crippen LogP contribution in [0.3, 0.4) is 0 Å².